The van der Waals surface area contributed by atoms with Crippen LogP contribution in [-0.2, 0) is 0 Å². The maximum atomic E-state index is 2.77. The first kappa shape index (κ1) is 20.6. The molecule has 3 atom stereocenters. The minimum absolute atomic E-state index is 0.335. The van der Waals surface area contributed by atoms with Crippen molar-refractivity contribution in [2.24, 2.45) is 17.8 Å². The lowest BCUT2D eigenvalue weighted by Gasteiger charge is -2.50. The molecule has 0 amide bonds. The summed E-state index contributed by atoms with van der Waals surface area (Å²) < 4.78 is 0. The molecule has 3 rings (SSSR count). The molecule has 3 heteroatoms. The number of nitrogens with zero attached hydrogens (tertiary/aromatic N) is 3. The first-order valence-electron chi connectivity index (χ1n) is 11.4. The molecular weight excluding hydrogens is 318 g/mol. The number of hydrogen-bond donors (Lipinski definition) is 0. The molecule has 3 unspecified atom stereocenters. The molecule has 2 heterocycles. The Morgan fingerprint density at radius 2 is 1.38 bits per heavy atom. The lowest BCUT2D eigenvalue weighted by atomic mass is 9.67. The molecule has 0 spiro atoms. The quantitative estimate of drug-likeness (QED) is 0.739. The summed E-state index contributed by atoms with van der Waals surface area (Å²) in [6.45, 7) is 23.3. The van der Waals surface area contributed by atoms with Crippen LogP contribution in [0.15, 0.2) is 0 Å². The van der Waals surface area contributed by atoms with Gasteiger partial charge in [-0.3, -0.25) is 9.80 Å². The minimum atomic E-state index is 0.335. The third-order valence-corrected chi connectivity index (χ3v) is 7.65. The summed E-state index contributed by atoms with van der Waals surface area (Å²) in [4.78, 5) is 8.17. The normalized spacial score (nSPS) is 33.2. The Labute approximate surface area is 163 Å². The Morgan fingerprint density at radius 3 is 2.00 bits per heavy atom. The van der Waals surface area contributed by atoms with Gasteiger partial charge in [-0.05, 0) is 85.2 Å². The van der Waals surface area contributed by atoms with Crippen LogP contribution in [-0.4, -0.2) is 71.6 Å². The van der Waals surface area contributed by atoms with E-state index in [0.29, 0.717) is 11.1 Å². The molecule has 3 nitrogen and oxygen atoms in total. The van der Waals surface area contributed by atoms with Gasteiger partial charge in [-0.25, -0.2) is 0 Å². The van der Waals surface area contributed by atoms with Crippen LogP contribution in [0.3, 0.4) is 0 Å². The summed E-state index contributed by atoms with van der Waals surface area (Å²) in [5.74, 6) is 2.96. The first-order chi connectivity index (χ1) is 12.1. The monoisotopic (exact) mass is 363 g/mol. The third kappa shape index (κ3) is 5.02. The number of rotatable bonds is 3. The van der Waals surface area contributed by atoms with Gasteiger partial charge in [0.1, 0.15) is 0 Å². The van der Waals surface area contributed by atoms with Crippen molar-refractivity contribution in [1.29, 1.82) is 0 Å². The summed E-state index contributed by atoms with van der Waals surface area (Å²) in [7, 11) is 0. The van der Waals surface area contributed by atoms with E-state index in [2.05, 4.69) is 56.2 Å². The topological polar surface area (TPSA) is 9.72 Å². The predicted octanol–water partition coefficient (Wildman–Crippen LogP) is 4.33. The highest BCUT2D eigenvalue weighted by molar-refractivity contribution is 4.92. The average Bonchev–Trinajstić information content (AvgIpc) is 2.58. The fourth-order valence-corrected chi connectivity index (χ4v) is 5.74. The standard InChI is InChI=1S/C23H45N3/c1-22(2,3)25-16-14-24(15-17-25)12-10-19-8-7-9-20-11-13-26(18-21(19)20)23(4,5)6/h19-21H,7-18H2,1-6H3. The van der Waals surface area contributed by atoms with Crippen LogP contribution >= 0.6 is 0 Å². The zero-order chi connectivity index (χ0) is 18.9. The smallest absolute Gasteiger partial charge is 0.0126 e. The first-order valence-corrected chi connectivity index (χ1v) is 11.4. The van der Waals surface area contributed by atoms with Crippen molar-refractivity contribution < 1.29 is 0 Å². The molecule has 3 aliphatic rings. The van der Waals surface area contributed by atoms with Gasteiger partial charge < -0.3 is 4.90 Å². The number of piperidine rings is 1. The minimum Gasteiger partial charge on any atom is -0.301 e. The lowest BCUT2D eigenvalue weighted by molar-refractivity contribution is -0.00600. The van der Waals surface area contributed by atoms with Gasteiger partial charge in [0, 0.05) is 43.8 Å². The Balaban J connectivity index is 1.50. The van der Waals surface area contributed by atoms with Gasteiger partial charge in [0.05, 0.1) is 0 Å². The van der Waals surface area contributed by atoms with Gasteiger partial charge in [0.2, 0.25) is 0 Å². The van der Waals surface area contributed by atoms with E-state index in [9.17, 15) is 0 Å². The Morgan fingerprint density at radius 1 is 0.731 bits per heavy atom. The number of piperazine rings is 1. The van der Waals surface area contributed by atoms with Crippen molar-refractivity contribution in [3.63, 3.8) is 0 Å². The summed E-state index contributed by atoms with van der Waals surface area (Å²) in [5, 5.41) is 0. The number of fused-ring (bicyclic) bond motifs is 1. The molecule has 2 aliphatic heterocycles. The summed E-state index contributed by atoms with van der Waals surface area (Å²) in [5.41, 5.74) is 0.678. The van der Waals surface area contributed by atoms with E-state index >= 15 is 0 Å². The van der Waals surface area contributed by atoms with E-state index in [1.165, 1.54) is 77.9 Å². The molecule has 152 valence electrons. The second-order valence-electron chi connectivity index (χ2n) is 11.3. The van der Waals surface area contributed by atoms with E-state index in [1.54, 1.807) is 0 Å². The van der Waals surface area contributed by atoms with E-state index in [1.807, 2.05) is 0 Å². The molecule has 0 aromatic heterocycles. The van der Waals surface area contributed by atoms with Gasteiger partial charge in [-0.1, -0.05) is 19.3 Å². The number of likely N-dealkylation sites (tertiary alicyclic amines) is 1. The van der Waals surface area contributed by atoms with Gasteiger partial charge in [-0.15, -0.1) is 0 Å². The van der Waals surface area contributed by atoms with Crippen LogP contribution in [0.4, 0.5) is 0 Å². The second kappa shape index (κ2) is 8.09. The SMILES string of the molecule is CC(C)(C)N1CCN(CCC2CCCC3CCN(C(C)(C)C)CC23)CC1. The molecule has 26 heavy (non-hydrogen) atoms. The maximum Gasteiger partial charge on any atom is 0.0126 e. The van der Waals surface area contributed by atoms with E-state index in [4.69, 9.17) is 0 Å². The van der Waals surface area contributed by atoms with E-state index < -0.39 is 0 Å². The third-order valence-electron chi connectivity index (χ3n) is 7.65. The van der Waals surface area contributed by atoms with E-state index in [0.717, 1.165) is 17.8 Å². The summed E-state index contributed by atoms with van der Waals surface area (Å²) in [6, 6.07) is 0. The largest absolute Gasteiger partial charge is 0.301 e. The van der Waals surface area contributed by atoms with Crippen LogP contribution in [0.25, 0.3) is 0 Å². The zero-order valence-corrected chi connectivity index (χ0v) is 18.6. The van der Waals surface area contributed by atoms with Gasteiger partial charge in [0.15, 0.2) is 0 Å². The molecule has 0 N–H and O–H groups in total. The molecule has 0 bridgehead atoms. The van der Waals surface area contributed by atoms with Crippen LogP contribution in [0.5, 0.6) is 0 Å². The highest BCUT2D eigenvalue weighted by Crippen LogP contribution is 2.42. The Kier molecular flexibility index (Phi) is 6.41. The van der Waals surface area contributed by atoms with E-state index in [-0.39, 0.29) is 0 Å². The predicted molar refractivity (Wildman–Crippen MR) is 113 cm³/mol. The summed E-state index contributed by atoms with van der Waals surface area (Å²) in [6.07, 6.45) is 7.36. The van der Waals surface area contributed by atoms with Gasteiger partial charge in [-0.2, -0.15) is 0 Å². The highest BCUT2D eigenvalue weighted by Gasteiger charge is 2.39. The highest BCUT2D eigenvalue weighted by atomic mass is 15.3. The van der Waals surface area contributed by atoms with Crippen molar-refractivity contribution in [1.82, 2.24) is 14.7 Å². The maximum absolute atomic E-state index is 2.77. The van der Waals surface area contributed by atoms with Crippen LogP contribution in [0, 0.1) is 17.8 Å². The fourth-order valence-electron chi connectivity index (χ4n) is 5.74. The molecule has 3 fully saturated rings. The van der Waals surface area contributed by atoms with Crippen LogP contribution in [0.2, 0.25) is 0 Å². The molecule has 0 aromatic rings. The Bertz CT molecular complexity index is 439. The van der Waals surface area contributed by atoms with Crippen molar-refractivity contribution in [2.75, 3.05) is 45.8 Å². The lowest BCUT2D eigenvalue weighted by Crippen LogP contribution is -2.54. The molecule has 0 aromatic carbocycles. The zero-order valence-electron chi connectivity index (χ0n) is 18.6. The molecule has 2 saturated heterocycles. The Hall–Kier alpha value is -0.120. The summed E-state index contributed by atoms with van der Waals surface area (Å²) >= 11 is 0. The van der Waals surface area contributed by atoms with Crippen molar-refractivity contribution >= 4 is 0 Å². The molecule has 1 aliphatic carbocycles. The number of hydrogen-bond acceptors (Lipinski definition) is 3. The molecule has 0 radical (unpaired) electrons. The van der Waals surface area contributed by atoms with Crippen molar-refractivity contribution in [2.45, 2.75) is 84.7 Å². The average molecular weight is 364 g/mol. The molecule has 1 saturated carbocycles. The van der Waals surface area contributed by atoms with Crippen molar-refractivity contribution in [3.05, 3.63) is 0 Å². The second-order valence-corrected chi connectivity index (χ2v) is 11.3. The van der Waals surface area contributed by atoms with Gasteiger partial charge >= 0.3 is 0 Å². The molecular formula is C23H45N3. The van der Waals surface area contributed by atoms with Crippen LogP contribution < -0.4 is 0 Å². The van der Waals surface area contributed by atoms with Crippen LogP contribution in [0.1, 0.15) is 73.6 Å². The van der Waals surface area contributed by atoms with Gasteiger partial charge in [0.25, 0.3) is 0 Å². The fraction of sp³-hybridized carbons (Fsp3) is 1.00. The van der Waals surface area contributed by atoms with Crippen molar-refractivity contribution in [3.8, 4) is 0 Å².